The third-order valence-corrected chi connectivity index (χ3v) is 6.76. The third-order valence-electron chi connectivity index (χ3n) is 4.69. The van der Waals surface area contributed by atoms with Crippen molar-refractivity contribution in [2.45, 2.75) is 11.9 Å². The Kier molecular flexibility index (Phi) is 6.53. The number of aryl methyl sites for hydroxylation is 1. The van der Waals surface area contributed by atoms with Gasteiger partial charge in [-0.05, 0) is 42.8 Å². The minimum atomic E-state index is -0.135. The summed E-state index contributed by atoms with van der Waals surface area (Å²) in [7, 11) is 3.41. The maximum Gasteiger partial charge on any atom is 0.253 e. The van der Waals surface area contributed by atoms with Gasteiger partial charge < -0.3 is 10.2 Å². The number of carbonyl (C=O) groups excluding carboxylic acids is 2. The quantitative estimate of drug-likeness (QED) is 0.319. The molecule has 2 heterocycles. The zero-order valence-electron chi connectivity index (χ0n) is 18.0. The molecular weight excluding hydrogens is 440 g/mol. The highest BCUT2D eigenvalue weighted by Gasteiger charge is 2.14. The minimum Gasteiger partial charge on any atom is -0.345 e. The summed E-state index contributed by atoms with van der Waals surface area (Å²) in [4.78, 5) is 37.2. The van der Waals surface area contributed by atoms with Crippen molar-refractivity contribution in [2.24, 2.45) is 0 Å². The Labute approximate surface area is 194 Å². The predicted octanol–water partition coefficient (Wildman–Crippen LogP) is 5.10. The van der Waals surface area contributed by atoms with Crippen LogP contribution in [-0.4, -0.2) is 46.5 Å². The number of aromatic nitrogens is 2. The zero-order chi connectivity index (χ0) is 22.7. The topological polar surface area (TPSA) is 75.2 Å². The van der Waals surface area contributed by atoms with Gasteiger partial charge in [0.1, 0.15) is 15.7 Å². The van der Waals surface area contributed by atoms with Gasteiger partial charge in [0.05, 0.1) is 5.75 Å². The second kappa shape index (κ2) is 9.50. The van der Waals surface area contributed by atoms with Crippen LogP contribution in [-0.2, 0) is 4.79 Å². The standard InChI is InChI=1S/C24H22N4O2S2/c1-15-25-22(19-13-20(32-23(19)26-15)16-7-5-4-6-8-16)31-14-21(29)27-18-11-9-17(10-12-18)24(30)28(2)3/h4-13H,14H2,1-3H3,(H,27,29). The largest absolute Gasteiger partial charge is 0.345 e. The minimum absolute atomic E-state index is 0.0767. The maximum absolute atomic E-state index is 12.5. The van der Waals surface area contributed by atoms with Gasteiger partial charge in [-0.15, -0.1) is 11.3 Å². The summed E-state index contributed by atoms with van der Waals surface area (Å²) in [5.74, 6) is 0.695. The summed E-state index contributed by atoms with van der Waals surface area (Å²) < 4.78 is 0. The number of benzene rings is 2. The van der Waals surface area contributed by atoms with Crippen LogP contribution in [0.4, 0.5) is 5.69 Å². The van der Waals surface area contributed by atoms with E-state index in [2.05, 4.69) is 33.5 Å². The Hall–Kier alpha value is -3.23. The first-order valence-electron chi connectivity index (χ1n) is 9.98. The van der Waals surface area contributed by atoms with Crippen LogP contribution >= 0.6 is 23.1 Å². The molecule has 4 rings (SSSR count). The van der Waals surface area contributed by atoms with Crippen LogP contribution in [0, 0.1) is 6.92 Å². The van der Waals surface area contributed by atoms with E-state index < -0.39 is 0 Å². The summed E-state index contributed by atoms with van der Waals surface area (Å²) >= 11 is 3.02. The maximum atomic E-state index is 12.5. The Morgan fingerprint density at radius 3 is 2.44 bits per heavy atom. The van der Waals surface area contributed by atoms with E-state index in [1.165, 1.54) is 16.7 Å². The number of thioether (sulfide) groups is 1. The molecule has 0 bridgehead atoms. The molecule has 0 saturated heterocycles. The van der Waals surface area contributed by atoms with Crippen molar-refractivity contribution in [2.75, 3.05) is 25.2 Å². The summed E-state index contributed by atoms with van der Waals surface area (Å²) in [5, 5.41) is 4.64. The van der Waals surface area contributed by atoms with Gasteiger partial charge >= 0.3 is 0 Å². The van der Waals surface area contributed by atoms with Gasteiger partial charge in [0.2, 0.25) is 5.91 Å². The van der Waals surface area contributed by atoms with E-state index in [-0.39, 0.29) is 17.6 Å². The van der Waals surface area contributed by atoms with Gasteiger partial charge in [-0.25, -0.2) is 9.97 Å². The number of thiophene rings is 1. The summed E-state index contributed by atoms with van der Waals surface area (Å²) in [5.41, 5.74) is 2.36. The van der Waals surface area contributed by atoms with Crippen molar-refractivity contribution in [3.8, 4) is 10.4 Å². The van der Waals surface area contributed by atoms with Gasteiger partial charge in [0.15, 0.2) is 0 Å². The number of amides is 2. The molecule has 0 radical (unpaired) electrons. The average Bonchev–Trinajstić information content (AvgIpc) is 3.22. The molecule has 2 aromatic carbocycles. The van der Waals surface area contributed by atoms with E-state index in [0.717, 1.165) is 25.7 Å². The van der Waals surface area contributed by atoms with Crippen LogP contribution < -0.4 is 5.32 Å². The van der Waals surface area contributed by atoms with Gasteiger partial charge in [0, 0.05) is 35.6 Å². The van der Waals surface area contributed by atoms with Crippen LogP contribution in [0.2, 0.25) is 0 Å². The SMILES string of the molecule is Cc1nc(SCC(=O)Nc2ccc(C(=O)N(C)C)cc2)c2cc(-c3ccccc3)sc2n1. The van der Waals surface area contributed by atoms with E-state index in [0.29, 0.717) is 17.1 Å². The fourth-order valence-electron chi connectivity index (χ4n) is 3.14. The van der Waals surface area contributed by atoms with Crippen LogP contribution in [0.3, 0.4) is 0 Å². The average molecular weight is 463 g/mol. The molecule has 2 aromatic heterocycles. The number of rotatable bonds is 6. The fraction of sp³-hybridized carbons (Fsp3) is 0.167. The molecule has 0 fully saturated rings. The fourth-order valence-corrected chi connectivity index (χ4v) is 5.13. The van der Waals surface area contributed by atoms with E-state index in [1.54, 1.807) is 49.7 Å². The molecule has 0 spiro atoms. The predicted molar refractivity (Wildman–Crippen MR) is 131 cm³/mol. The van der Waals surface area contributed by atoms with Crippen molar-refractivity contribution < 1.29 is 9.59 Å². The molecule has 2 amide bonds. The van der Waals surface area contributed by atoms with Gasteiger partial charge in [-0.2, -0.15) is 0 Å². The van der Waals surface area contributed by atoms with E-state index in [9.17, 15) is 9.59 Å². The lowest BCUT2D eigenvalue weighted by molar-refractivity contribution is -0.113. The Morgan fingerprint density at radius 2 is 1.75 bits per heavy atom. The number of nitrogens with one attached hydrogen (secondary N) is 1. The highest BCUT2D eigenvalue weighted by molar-refractivity contribution is 8.00. The van der Waals surface area contributed by atoms with Crippen molar-refractivity contribution in [1.29, 1.82) is 0 Å². The monoisotopic (exact) mass is 462 g/mol. The van der Waals surface area contributed by atoms with Crippen LogP contribution in [0.1, 0.15) is 16.2 Å². The number of carbonyl (C=O) groups is 2. The first kappa shape index (κ1) is 22.0. The number of nitrogens with zero attached hydrogens (tertiary/aromatic N) is 3. The zero-order valence-corrected chi connectivity index (χ0v) is 19.6. The van der Waals surface area contributed by atoms with Gasteiger partial charge in [-0.1, -0.05) is 42.1 Å². The lowest BCUT2D eigenvalue weighted by atomic mass is 10.2. The van der Waals surface area contributed by atoms with Crippen molar-refractivity contribution in [3.63, 3.8) is 0 Å². The highest BCUT2D eigenvalue weighted by Crippen LogP contribution is 2.36. The molecule has 1 N–H and O–H groups in total. The van der Waals surface area contributed by atoms with Gasteiger partial charge in [0.25, 0.3) is 5.91 Å². The first-order valence-corrected chi connectivity index (χ1v) is 11.8. The number of hydrogen-bond acceptors (Lipinski definition) is 6. The molecule has 0 aliphatic carbocycles. The summed E-state index contributed by atoms with van der Waals surface area (Å²) in [6.07, 6.45) is 0. The van der Waals surface area contributed by atoms with E-state index in [1.807, 2.05) is 25.1 Å². The van der Waals surface area contributed by atoms with Crippen molar-refractivity contribution in [3.05, 3.63) is 72.1 Å². The highest BCUT2D eigenvalue weighted by atomic mass is 32.2. The molecule has 0 aliphatic rings. The lowest BCUT2D eigenvalue weighted by Gasteiger charge is -2.11. The van der Waals surface area contributed by atoms with Gasteiger partial charge in [-0.3, -0.25) is 9.59 Å². The lowest BCUT2D eigenvalue weighted by Crippen LogP contribution is -2.21. The summed E-state index contributed by atoms with van der Waals surface area (Å²) in [6, 6.07) is 19.1. The number of anilines is 1. The Morgan fingerprint density at radius 1 is 1.03 bits per heavy atom. The Bertz CT molecular complexity index is 1270. The molecule has 0 saturated carbocycles. The second-order valence-corrected chi connectivity index (χ2v) is 9.38. The number of hydrogen-bond donors (Lipinski definition) is 1. The van der Waals surface area contributed by atoms with Crippen LogP contribution in [0.25, 0.3) is 20.7 Å². The molecular formula is C24H22N4O2S2. The molecule has 32 heavy (non-hydrogen) atoms. The Balaban J connectivity index is 1.46. The van der Waals surface area contributed by atoms with Crippen molar-refractivity contribution in [1.82, 2.24) is 14.9 Å². The molecule has 6 nitrogen and oxygen atoms in total. The first-order chi connectivity index (χ1) is 15.4. The second-order valence-electron chi connectivity index (χ2n) is 7.39. The van der Waals surface area contributed by atoms with E-state index >= 15 is 0 Å². The van der Waals surface area contributed by atoms with Crippen molar-refractivity contribution >= 4 is 50.8 Å². The smallest absolute Gasteiger partial charge is 0.253 e. The number of fused-ring (bicyclic) bond motifs is 1. The van der Waals surface area contributed by atoms with Crippen LogP contribution in [0.15, 0.2) is 65.7 Å². The van der Waals surface area contributed by atoms with Crippen LogP contribution in [0.5, 0.6) is 0 Å². The molecule has 0 unspecified atom stereocenters. The van der Waals surface area contributed by atoms with E-state index in [4.69, 9.17) is 0 Å². The summed E-state index contributed by atoms with van der Waals surface area (Å²) in [6.45, 7) is 1.86. The molecule has 8 heteroatoms. The normalized spacial score (nSPS) is 10.8. The molecule has 0 atom stereocenters. The third kappa shape index (κ3) is 4.98. The molecule has 162 valence electrons. The molecule has 4 aromatic rings. The molecule has 0 aliphatic heterocycles.